The molecule has 0 aromatic heterocycles. The van der Waals surface area contributed by atoms with E-state index in [2.05, 4.69) is 12.2 Å². The van der Waals surface area contributed by atoms with Crippen molar-refractivity contribution >= 4 is 37.8 Å². The molecule has 0 spiro atoms. The predicted octanol–water partition coefficient (Wildman–Crippen LogP) is 8.07. The zero-order chi connectivity index (χ0) is 31.7. The van der Waals surface area contributed by atoms with Crippen LogP contribution in [0.4, 0.5) is 13.5 Å². The van der Waals surface area contributed by atoms with Crippen molar-refractivity contribution in [2.75, 3.05) is 11.9 Å². The van der Waals surface area contributed by atoms with E-state index in [4.69, 9.17) is 4.74 Å². The van der Waals surface area contributed by atoms with Crippen LogP contribution in [0.2, 0.25) is 0 Å². The lowest BCUT2D eigenvalue weighted by atomic mass is 10.0. The molecule has 1 amide bonds. The van der Waals surface area contributed by atoms with Crippen LogP contribution in [-0.2, 0) is 25.2 Å². The van der Waals surface area contributed by atoms with Crippen LogP contribution in [-0.4, -0.2) is 35.1 Å². The minimum Gasteiger partial charge on any atom is -0.492 e. The third-order valence-electron chi connectivity index (χ3n) is 7.00. The van der Waals surface area contributed by atoms with Gasteiger partial charge in [-0.25, -0.2) is 0 Å². The molecule has 2 rings (SSSR count). The zero-order valence-electron chi connectivity index (χ0n) is 24.8. The lowest BCUT2D eigenvalue weighted by molar-refractivity contribution is -0.115. The number of hydrogen-bond donors (Lipinski definition) is 1. The maximum Gasteiger partial charge on any atom is 0.335 e. The number of Topliss-reactive ketones (excluding diaryl/α,β-unsaturated/α-hetero) is 1. The number of halogens is 2. The molecule has 43 heavy (non-hydrogen) atoms. The summed E-state index contributed by atoms with van der Waals surface area (Å²) in [4.78, 5) is 23.4. The van der Waals surface area contributed by atoms with Crippen molar-refractivity contribution in [3.05, 3.63) is 48.0 Å². The molecule has 2 aromatic carbocycles. The third kappa shape index (κ3) is 14.4. The number of nitrogens with one attached hydrogen (secondary N) is 1. The van der Waals surface area contributed by atoms with E-state index in [1.807, 2.05) is 0 Å². The van der Waals surface area contributed by atoms with Gasteiger partial charge in [0.1, 0.15) is 15.5 Å². The van der Waals surface area contributed by atoms with Crippen molar-refractivity contribution < 1.29 is 38.9 Å². The van der Waals surface area contributed by atoms with E-state index in [-0.39, 0.29) is 23.6 Å². The number of unbranched alkanes of at least 4 members (excludes halogenated alkanes) is 13. The van der Waals surface area contributed by atoms with Gasteiger partial charge in [-0.1, -0.05) is 96.5 Å². The minimum atomic E-state index is -5.23. The van der Waals surface area contributed by atoms with Gasteiger partial charge in [0.05, 0.1) is 13.0 Å². The summed E-state index contributed by atoms with van der Waals surface area (Å²) in [5.41, 5.74) is -0.286. The number of hydrogen-bond acceptors (Lipinski definition) is 7. The molecule has 12 heteroatoms. The molecule has 0 unspecified atom stereocenters. The second-order valence-corrected chi connectivity index (χ2v) is 13.3. The average molecular weight is 644 g/mol. The number of carbonyl (C=O) groups is 2. The normalized spacial score (nSPS) is 11.8. The highest BCUT2D eigenvalue weighted by Gasteiger charge is 2.22. The van der Waals surface area contributed by atoms with E-state index in [9.17, 15) is 34.2 Å². The van der Waals surface area contributed by atoms with Gasteiger partial charge in [-0.15, -0.1) is 7.77 Å². The van der Waals surface area contributed by atoms with Crippen LogP contribution in [0.3, 0.4) is 0 Å². The van der Waals surface area contributed by atoms with Gasteiger partial charge in [0.15, 0.2) is 5.78 Å². The molecule has 1 N–H and O–H groups in total. The van der Waals surface area contributed by atoms with Crippen LogP contribution in [0.5, 0.6) is 5.75 Å². The lowest BCUT2D eigenvalue weighted by Crippen LogP contribution is -2.17. The summed E-state index contributed by atoms with van der Waals surface area (Å²) < 4.78 is 78.3. The Labute approximate surface area is 255 Å². The first-order valence-corrected chi connectivity index (χ1v) is 17.8. The fourth-order valence-electron chi connectivity index (χ4n) is 4.65. The molecule has 0 fully saturated rings. The molecule has 0 heterocycles. The Morgan fingerprint density at radius 2 is 1.28 bits per heavy atom. The first-order valence-electron chi connectivity index (χ1n) is 15.0. The van der Waals surface area contributed by atoms with Gasteiger partial charge in [0, 0.05) is 11.3 Å². The summed E-state index contributed by atoms with van der Waals surface area (Å²) in [7, 11) is -10.2. The first-order chi connectivity index (χ1) is 20.4. The summed E-state index contributed by atoms with van der Waals surface area (Å²) >= 11 is 0. The number of ether oxygens (including phenoxy) is 1. The Kier molecular flexibility index (Phi) is 15.8. The number of benzene rings is 2. The Bertz CT molecular complexity index is 1400. The SMILES string of the molecule is CCCCCCCCCCCCCCCCOc1ccc(C(=O)CC(=O)Nc2cccc(S(=O)(=O)F)c2)cc1S(=O)(=O)F. The van der Waals surface area contributed by atoms with Crippen molar-refractivity contribution in [2.45, 2.75) is 113 Å². The van der Waals surface area contributed by atoms with Gasteiger partial charge in [0.2, 0.25) is 5.91 Å². The van der Waals surface area contributed by atoms with E-state index in [1.54, 1.807) is 0 Å². The average Bonchev–Trinajstić information content (AvgIpc) is 2.94. The van der Waals surface area contributed by atoms with Gasteiger partial charge >= 0.3 is 20.4 Å². The van der Waals surface area contributed by atoms with Gasteiger partial charge in [-0.05, 0) is 42.8 Å². The number of ketones is 1. The van der Waals surface area contributed by atoms with Crippen molar-refractivity contribution in [2.24, 2.45) is 0 Å². The molecule has 0 aliphatic rings. The van der Waals surface area contributed by atoms with E-state index in [1.165, 1.54) is 88.5 Å². The predicted molar refractivity (Wildman–Crippen MR) is 163 cm³/mol. The number of carbonyl (C=O) groups excluding carboxylic acids is 2. The molecule has 0 radical (unpaired) electrons. The minimum absolute atomic E-state index is 0.0594. The van der Waals surface area contributed by atoms with E-state index >= 15 is 0 Å². The molecule has 8 nitrogen and oxygen atoms in total. The zero-order valence-corrected chi connectivity index (χ0v) is 26.4. The fraction of sp³-hybridized carbons (Fsp3) is 0.548. The van der Waals surface area contributed by atoms with E-state index < -0.39 is 48.3 Å². The molecule has 0 saturated heterocycles. The Morgan fingerprint density at radius 1 is 0.721 bits per heavy atom. The standard InChI is InChI=1S/C31H43F2NO7S2/c1-2-3-4-5-6-7-8-9-10-11-12-13-14-15-21-41-29-20-19-25(22-30(29)43(33,39)40)28(35)24-31(36)34-26-17-16-18-27(23-26)42(32,37)38/h16-20,22-23H,2-15,21,24H2,1H3,(H,34,36). The smallest absolute Gasteiger partial charge is 0.335 e. The van der Waals surface area contributed by atoms with Gasteiger partial charge in [-0.2, -0.15) is 16.8 Å². The molecule has 0 saturated carbocycles. The topological polar surface area (TPSA) is 124 Å². The van der Waals surface area contributed by atoms with Crippen LogP contribution >= 0.6 is 0 Å². The third-order valence-corrected chi connectivity index (χ3v) is 8.67. The molecular formula is C31H43F2NO7S2. The summed E-state index contributed by atoms with van der Waals surface area (Å²) in [6.45, 7) is 2.41. The van der Waals surface area contributed by atoms with Crippen LogP contribution in [0.15, 0.2) is 52.3 Å². The summed E-state index contributed by atoms with van der Waals surface area (Å²) in [5.74, 6) is -1.89. The highest BCUT2D eigenvalue weighted by Crippen LogP contribution is 2.28. The van der Waals surface area contributed by atoms with E-state index in [0.29, 0.717) is 6.42 Å². The monoisotopic (exact) mass is 643 g/mol. The van der Waals surface area contributed by atoms with Crippen LogP contribution in [0.25, 0.3) is 0 Å². The molecule has 0 aliphatic carbocycles. The summed E-state index contributed by atoms with van der Waals surface area (Å²) in [5, 5.41) is 2.27. The maximum absolute atomic E-state index is 14.0. The molecule has 0 aliphatic heterocycles. The van der Waals surface area contributed by atoms with Gasteiger partial charge < -0.3 is 10.1 Å². The Hall–Kier alpha value is -2.86. The summed E-state index contributed by atoms with van der Waals surface area (Å²) in [6.07, 6.45) is 15.8. The van der Waals surface area contributed by atoms with Gasteiger partial charge in [-0.3, -0.25) is 9.59 Å². The Morgan fingerprint density at radius 3 is 1.81 bits per heavy atom. The van der Waals surface area contributed by atoms with Crippen molar-refractivity contribution in [3.63, 3.8) is 0 Å². The quantitative estimate of drug-likeness (QED) is 0.0595. The molecule has 0 bridgehead atoms. The number of anilines is 1. The highest BCUT2D eigenvalue weighted by atomic mass is 32.3. The number of rotatable bonds is 22. The lowest BCUT2D eigenvalue weighted by Gasteiger charge is -2.11. The van der Waals surface area contributed by atoms with Crippen LogP contribution in [0, 0.1) is 0 Å². The van der Waals surface area contributed by atoms with Gasteiger partial charge in [0.25, 0.3) is 0 Å². The fourth-order valence-corrected chi connectivity index (χ4v) is 5.79. The molecular weight excluding hydrogens is 600 g/mol. The van der Waals surface area contributed by atoms with Crippen molar-refractivity contribution in [1.82, 2.24) is 0 Å². The van der Waals surface area contributed by atoms with Crippen molar-refractivity contribution in [3.8, 4) is 5.75 Å². The molecule has 2 aromatic rings. The molecule has 0 atom stereocenters. The Balaban J connectivity index is 1.76. The second-order valence-electron chi connectivity index (χ2n) is 10.7. The highest BCUT2D eigenvalue weighted by molar-refractivity contribution is 7.86. The second kappa shape index (κ2) is 18.7. The molecule has 240 valence electrons. The first kappa shape index (κ1) is 36.3. The summed E-state index contributed by atoms with van der Waals surface area (Å²) in [6, 6.07) is 7.63. The van der Waals surface area contributed by atoms with Crippen molar-refractivity contribution in [1.29, 1.82) is 0 Å². The number of amides is 1. The van der Waals surface area contributed by atoms with Crippen LogP contribution in [0.1, 0.15) is 114 Å². The van der Waals surface area contributed by atoms with Crippen LogP contribution < -0.4 is 10.1 Å². The maximum atomic E-state index is 14.0. The largest absolute Gasteiger partial charge is 0.492 e. The van der Waals surface area contributed by atoms with E-state index in [0.717, 1.165) is 37.5 Å².